The fraction of sp³-hybridized carbons (Fsp3) is 0.190. The topological polar surface area (TPSA) is 93.3 Å². The monoisotopic (exact) mass is 475 g/mol. The number of nitrogens with zero attached hydrogens (tertiary/aromatic N) is 1. The van der Waals surface area contributed by atoms with Crippen LogP contribution in [0.3, 0.4) is 0 Å². The molecule has 0 atom stereocenters. The Kier molecular flexibility index (Phi) is 6.42. The molecule has 162 valence electrons. The number of nitrogens with one attached hydrogen (secondary N) is 2. The van der Waals surface area contributed by atoms with Crippen LogP contribution in [0.25, 0.3) is 21.1 Å². The van der Waals surface area contributed by atoms with Gasteiger partial charge in [-0.2, -0.15) is 5.10 Å². The van der Waals surface area contributed by atoms with Crippen LogP contribution in [0.5, 0.6) is 11.5 Å². The van der Waals surface area contributed by atoms with Gasteiger partial charge >= 0.3 is 0 Å². The smallest absolute Gasteiger partial charge is 0.240 e. The van der Waals surface area contributed by atoms with Crippen molar-refractivity contribution in [1.82, 2.24) is 14.9 Å². The number of thiophene rings is 2. The summed E-state index contributed by atoms with van der Waals surface area (Å²) in [5, 5.41) is 11.6. The zero-order valence-corrected chi connectivity index (χ0v) is 19.4. The number of hydrogen-bond acceptors (Lipinski definition) is 7. The van der Waals surface area contributed by atoms with E-state index in [2.05, 4.69) is 14.9 Å². The lowest BCUT2D eigenvalue weighted by Crippen LogP contribution is -2.26. The quantitative estimate of drug-likeness (QED) is 0.374. The van der Waals surface area contributed by atoms with Crippen molar-refractivity contribution in [1.29, 1.82) is 0 Å². The predicted molar refractivity (Wildman–Crippen MR) is 124 cm³/mol. The van der Waals surface area contributed by atoms with E-state index in [1.807, 2.05) is 35.0 Å². The highest BCUT2D eigenvalue weighted by Gasteiger charge is 2.20. The molecule has 0 aliphatic carbocycles. The highest BCUT2D eigenvalue weighted by Crippen LogP contribution is 2.35. The van der Waals surface area contributed by atoms with Crippen LogP contribution in [0, 0.1) is 0 Å². The van der Waals surface area contributed by atoms with Gasteiger partial charge in [0.05, 0.1) is 34.6 Å². The Morgan fingerprint density at radius 2 is 1.71 bits per heavy atom. The molecule has 1 aromatic carbocycles. The standard InChI is InChI=1S/C21H21N3O4S3/c1-27-16-8-7-14(13-17(16)28-2)31(25,26)22-10-9-15-20(18-5-3-11-29-18)23-24-21(15)19-6-4-12-30-19/h3-8,11-13,22H,9-10H2,1-2H3,(H,23,24). The minimum Gasteiger partial charge on any atom is -0.493 e. The molecule has 4 aromatic rings. The Labute approximate surface area is 188 Å². The van der Waals surface area contributed by atoms with Crippen LogP contribution in [-0.4, -0.2) is 39.4 Å². The fourth-order valence-corrected chi connectivity index (χ4v) is 5.76. The predicted octanol–water partition coefficient (Wildman–Crippen LogP) is 4.40. The molecule has 0 fully saturated rings. The molecule has 3 heterocycles. The number of sulfonamides is 1. The van der Waals surface area contributed by atoms with Crippen molar-refractivity contribution in [3.8, 4) is 32.6 Å². The number of aromatic amines is 1. The Morgan fingerprint density at radius 3 is 2.35 bits per heavy atom. The first kappa shape index (κ1) is 21.6. The average molecular weight is 476 g/mol. The summed E-state index contributed by atoms with van der Waals surface area (Å²) in [4.78, 5) is 2.22. The summed E-state index contributed by atoms with van der Waals surface area (Å²) in [6, 6.07) is 12.5. The highest BCUT2D eigenvalue weighted by atomic mass is 32.2. The number of H-pyrrole nitrogens is 1. The number of rotatable bonds is 9. The fourth-order valence-electron chi connectivity index (χ4n) is 3.23. The average Bonchev–Trinajstić information content (AvgIpc) is 3.54. The van der Waals surface area contributed by atoms with Crippen LogP contribution in [0.4, 0.5) is 0 Å². The summed E-state index contributed by atoms with van der Waals surface area (Å²) >= 11 is 3.21. The first-order chi connectivity index (χ1) is 15.0. The molecule has 0 saturated heterocycles. The molecule has 0 aliphatic rings. The molecule has 3 aromatic heterocycles. The second kappa shape index (κ2) is 9.23. The van der Waals surface area contributed by atoms with Crippen LogP contribution < -0.4 is 14.2 Å². The van der Waals surface area contributed by atoms with E-state index < -0.39 is 10.0 Å². The number of aromatic nitrogens is 2. The molecule has 0 bridgehead atoms. The van der Waals surface area contributed by atoms with Gasteiger partial charge in [0.25, 0.3) is 0 Å². The van der Waals surface area contributed by atoms with Crippen molar-refractivity contribution in [2.45, 2.75) is 11.3 Å². The molecule has 0 aliphatic heterocycles. The molecule has 31 heavy (non-hydrogen) atoms. The van der Waals surface area contributed by atoms with E-state index in [0.717, 1.165) is 26.7 Å². The molecule has 2 N–H and O–H groups in total. The molecular weight excluding hydrogens is 454 g/mol. The van der Waals surface area contributed by atoms with Gasteiger partial charge in [0.1, 0.15) is 5.69 Å². The third-order valence-electron chi connectivity index (χ3n) is 4.72. The van der Waals surface area contributed by atoms with Crippen molar-refractivity contribution < 1.29 is 17.9 Å². The van der Waals surface area contributed by atoms with Crippen LogP contribution in [0.2, 0.25) is 0 Å². The van der Waals surface area contributed by atoms with E-state index >= 15 is 0 Å². The van der Waals surface area contributed by atoms with E-state index in [1.165, 1.54) is 26.4 Å². The van der Waals surface area contributed by atoms with Gasteiger partial charge in [-0.05, 0) is 41.4 Å². The van der Waals surface area contributed by atoms with E-state index in [0.29, 0.717) is 17.9 Å². The summed E-state index contributed by atoms with van der Waals surface area (Å²) in [6.07, 6.45) is 0.490. The van der Waals surface area contributed by atoms with Gasteiger partial charge in [-0.25, -0.2) is 13.1 Å². The number of ether oxygens (including phenoxy) is 2. The lowest BCUT2D eigenvalue weighted by atomic mass is 10.1. The summed E-state index contributed by atoms with van der Waals surface area (Å²) in [7, 11) is -0.739. The minimum absolute atomic E-state index is 0.120. The minimum atomic E-state index is -3.72. The van der Waals surface area contributed by atoms with Crippen molar-refractivity contribution in [3.05, 3.63) is 58.8 Å². The van der Waals surface area contributed by atoms with Crippen molar-refractivity contribution in [3.63, 3.8) is 0 Å². The zero-order chi connectivity index (χ0) is 21.8. The number of hydrogen-bond donors (Lipinski definition) is 2. The molecular formula is C21H21N3O4S3. The van der Waals surface area contributed by atoms with Gasteiger partial charge in [0.15, 0.2) is 11.5 Å². The molecule has 0 radical (unpaired) electrons. The van der Waals surface area contributed by atoms with E-state index in [4.69, 9.17) is 9.47 Å². The third kappa shape index (κ3) is 4.52. The van der Waals surface area contributed by atoms with E-state index in [1.54, 1.807) is 28.7 Å². The second-order valence-electron chi connectivity index (χ2n) is 6.54. The first-order valence-corrected chi connectivity index (χ1v) is 12.6. The van der Waals surface area contributed by atoms with Crippen molar-refractivity contribution >= 4 is 32.7 Å². The summed E-state index contributed by atoms with van der Waals surface area (Å²) in [5.74, 6) is 0.834. The van der Waals surface area contributed by atoms with Gasteiger partial charge < -0.3 is 9.47 Å². The van der Waals surface area contributed by atoms with Gasteiger partial charge in [0, 0.05) is 18.2 Å². The zero-order valence-electron chi connectivity index (χ0n) is 16.9. The molecule has 0 spiro atoms. The summed E-state index contributed by atoms with van der Waals surface area (Å²) < 4.78 is 38.8. The van der Waals surface area contributed by atoms with Gasteiger partial charge in [-0.15, -0.1) is 22.7 Å². The molecule has 0 amide bonds. The van der Waals surface area contributed by atoms with Crippen LogP contribution in [0.15, 0.2) is 58.1 Å². The number of benzene rings is 1. The Balaban J connectivity index is 1.56. The lowest BCUT2D eigenvalue weighted by Gasteiger charge is -2.11. The van der Waals surface area contributed by atoms with E-state index in [-0.39, 0.29) is 11.4 Å². The van der Waals surface area contributed by atoms with Gasteiger partial charge in [0.2, 0.25) is 10.0 Å². The van der Waals surface area contributed by atoms with Crippen LogP contribution in [0.1, 0.15) is 5.56 Å². The SMILES string of the molecule is COc1ccc(S(=O)(=O)NCCc2c(-c3cccs3)n[nH]c2-c2cccs2)cc1OC. The van der Waals surface area contributed by atoms with Crippen molar-refractivity contribution in [2.24, 2.45) is 0 Å². The van der Waals surface area contributed by atoms with Crippen molar-refractivity contribution in [2.75, 3.05) is 20.8 Å². The maximum absolute atomic E-state index is 12.8. The molecule has 4 rings (SSSR count). The Morgan fingerprint density at radius 1 is 1.00 bits per heavy atom. The molecule has 10 heteroatoms. The second-order valence-corrected chi connectivity index (χ2v) is 10.2. The molecule has 7 nitrogen and oxygen atoms in total. The van der Waals surface area contributed by atoms with Crippen LogP contribution in [-0.2, 0) is 16.4 Å². The van der Waals surface area contributed by atoms with Crippen LogP contribution >= 0.6 is 22.7 Å². The maximum Gasteiger partial charge on any atom is 0.240 e. The maximum atomic E-state index is 12.8. The van der Waals surface area contributed by atoms with Gasteiger partial charge in [-0.1, -0.05) is 12.1 Å². The third-order valence-corrected chi connectivity index (χ3v) is 7.94. The Hall–Kier alpha value is -2.66. The highest BCUT2D eigenvalue weighted by molar-refractivity contribution is 7.89. The molecule has 0 saturated carbocycles. The Bertz CT molecular complexity index is 1200. The number of methoxy groups -OCH3 is 2. The summed E-state index contributed by atoms with van der Waals surface area (Å²) in [5.41, 5.74) is 2.76. The summed E-state index contributed by atoms with van der Waals surface area (Å²) in [6.45, 7) is 0.229. The van der Waals surface area contributed by atoms with E-state index in [9.17, 15) is 8.42 Å². The first-order valence-electron chi connectivity index (χ1n) is 9.40. The molecule has 0 unspecified atom stereocenters. The van der Waals surface area contributed by atoms with Gasteiger partial charge in [-0.3, -0.25) is 5.10 Å². The lowest BCUT2D eigenvalue weighted by molar-refractivity contribution is 0.354. The largest absolute Gasteiger partial charge is 0.493 e. The normalized spacial score (nSPS) is 11.5.